The Labute approximate surface area is 150 Å². The molecule has 3 rings (SSSR count). The van der Waals surface area contributed by atoms with Crippen molar-refractivity contribution in [3.05, 3.63) is 58.9 Å². The predicted octanol–water partition coefficient (Wildman–Crippen LogP) is 4.03. The normalized spacial score (nSPS) is 17.0. The maximum Gasteiger partial charge on any atom is 0.229 e. The number of para-hydroxylation sites is 1. The maximum absolute atomic E-state index is 13.1. The van der Waals surface area contributed by atoms with E-state index in [0.717, 1.165) is 23.7 Å². The molecule has 1 saturated heterocycles. The molecule has 2 amide bonds. The summed E-state index contributed by atoms with van der Waals surface area (Å²) in [6, 6.07) is 11.5. The zero-order chi connectivity index (χ0) is 18.0. The summed E-state index contributed by atoms with van der Waals surface area (Å²) < 4.78 is 13.1. The van der Waals surface area contributed by atoms with Crippen molar-refractivity contribution in [2.24, 2.45) is 5.92 Å². The van der Waals surface area contributed by atoms with Crippen LogP contribution in [0.1, 0.15) is 18.9 Å². The topological polar surface area (TPSA) is 49.4 Å². The Morgan fingerprint density at radius 3 is 2.80 bits per heavy atom. The number of nitrogens with zero attached hydrogens (tertiary/aromatic N) is 1. The van der Waals surface area contributed by atoms with Crippen LogP contribution in [-0.4, -0.2) is 18.4 Å². The molecule has 1 N–H and O–H groups in total. The molecule has 2 aromatic rings. The fraction of sp³-hybridized carbons (Fsp3) is 0.263. The number of aryl methyl sites for hydroxylation is 1. The fourth-order valence-corrected chi connectivity index (χ4v) is 3.23. The van der Waals surface area contributed by atoms with Gasteiger partial charge < -0.3 is 10.2 Å². The highest BCUT2D eigenvalue weighted by molar-refractivity contribution is 6.33. The highest BCUT2D eigenvalue weighted by Crippen LogP contribution is 2.30. The molecule has 1 fully saturated rings. The molecule has 4 nitrogen and oxygen atoms in total. The van der Waals surface area contributed by atoms with Crippen LogP contribution in [0, 0.1) is 11.7 Å². The first-order valence-electron chi connectivity index (χ1n) is 8.13. The number of carbonyl (C=O) groups excluding carboxylic acids is 2. The van der Waals surface area contributed by atoms with E-state index in [1.165, 1.54) is 12.1 Å². The zero-order valence-electron chi connectivity index (χ0n) is 13.8. The van der Waals surface area contributed by atoms with Gasteiger partial charge in [-0.1, -0.05) is 36.7 Å². The van der Waals surface area contributed by atoms with Crippen LogP contribution in [0.15, 0.2) is 42.5 Å². The molecule has 0 spiro atoms. The predicted molar refractivity (Wildman–Crippen MR) is 96.3 cm³/mol. The van der Waals surface area contributed by atoms with Gasteiger partial charge in [0.15, 0.2) is 0 Å². The lowest BCUT2D eigenvalue weighted by Crippen LogP contribution is -2.28. The van der Waals surface area contributed by atoms with Crippen LogP contribution in [0.3, 0.4) is 0 Å². The van der Waals surface area contributed by atoms with Gasteiger partial charge in [-0.3, -0.25) is 9.59 Å². The van der Waals surface area contributed by atoms with Crippen LogP contribution in [0.25, 0.3) is 0 Å². The van der Waals surface area contributed by atoms with Crippen LogP contribution in [-0.2, 0) is 16.0 Å². The van der Waals surface area contributed by atoms with Crippen LogP contribution in [0.2, 0.25) is 5.02 Å². The average Bonchev–Trinajstić information content (AvgIpc) is 2.99. The molecule has 1 heterocycles. The molecule has 1 atom stereocenters. The molecule has 2 aromatic carbocycles. The van der Waals surface area contributed by atoms with Gasteiger partial charge in [-0.2, -0.15) is 0 Å². The average molecular weight is 361 g/mol. The van der Waals surface area contributed by atoms with E-state index >= 15 is 0 Å². The van der Waals surface area contributed by atoms with Gasteiger partial charge in [-0.25, -0.2) is 4.39 Å². The van der Waals surface area contributed by atoms with E-state index < -0.39 is 11.7 Å². The SMILES string of the molecule is CCc1ccccc1N1C[C@H](C(=O)Nc2ccc(F)cc2Cl)CC1=O. The second-order valence-electron chi connectivity index (χ2n) is 6.00. The van der Waals surface area contributed by atoms with Gasteiger partial charge in [0.05, 0.1) is 16.6 Å². The fourth-order valence-electron chi connectivity index (χ4n) is 3.01. The van der Waals surface area contributed by atoms with Crippen molar-refractivity contribution >= 4 is 34.8 Å². The zero-order valence-corrected chi connectivity index (χ0v) is 14.5. The highest BCUT2D eigenvalue weighted by Gasteiger charge is 2.35. The van der Waals surface area contributed by atoms with E-state index in [4.69, 9.17) is 11.6 Å². The molecule has 0 unspecified atom stereocenters. The molecule has 1 aliphatic rings. The molecule has 0 saturated carbocycles. The largest absolute Gasteiger partial charge is 0.324 e. The van der Waals surface area contributed by atoms with Crippen molar-refractivity contribution in [3.63, 3.8) is 0 Å². The van der Waals surface area contributed by atoms with E-state index in [9.17, 15) is 14.0 Å². The number of hydrogen-bond acceptors (Lipinski definition) is 2. The van der Waals surface area contributed by atoms with E-state index in [2.05, 4.69) is 5.32 Å². The van der Waals surface area contributed by atoms with E-state index in [0.29, 0.717) is 12.2 Å². The summed E-state index contributed by atoms with van der Waals surface area (Å²) >= 11 is 5.94. The standard InChI is InChI=1S/C19H18ClFN2O2/c1-2-12-5-3-4-6-17(12)23-11-13(9-18(23)24)19(25)22-16-8-7-14(21)10-15(16)20/h3-8,10,13H,2,9,11H2,1H3,(H,22,25)/t13-/m1/s1. The summed E-state index contributed by atoms with van der Waals surface area (Å²) in [5.41, 5.74) is 2.26. The Morgan fingerprint density at radius 1 is 1.32 bits per heavy atom. The van der Waals surface area contributed by atoms with Crippen LogP contribution < -0.4 is 10.2 Å². The second-order valence-corrected chi connectivity index (χ2v) is 6.41. The van der Waals surface area contributed by atoms with Gasteiger partial charge in [0.1, 0.15) is 5.82 Å². The van der Waals surface area contributed by atoms with Crippen LogP contribution in [0.5, 0.6) is 0 Å². The number of anilines is 2. The summed E-state index contributed by atoms with van der Waals surface area (Å²) in [4.78, 5) is 26.5. The number of amides is 2. The Kier molecular flexibility index (Phi) is 5.04. The van der Waals surface area contributed by atoms with Crippen molar-refractivity contribution in [2.45, 2.75) is 19.8 Å². The third-order valence-corrected chi connectivity index (χ3v) is 4.66. The molecule has 0 aromatic heterocycles. The number of nitrogens with one attached hydrogen (secondary N) is 1. The Bertz CT molecular complexity index is 825. The molecule has 130 valence electrons. The van der Waals surface area contributed by atoms with Crippen molar-refractivity contribution in [3.8, 4) is 0 Å². The van der Waals surface area contributed by atoms with Crippen molar-refractivity contribution in [2.75, 3.05) is 16.8 Å². The number of carbonyl (C=O) groups is 2. The van der Waals surface area contributed by atoms with Gasteiger partial charge in [0, 0.05) is 18.7 Å². The molecular weight excluding hydrogens is 343 g/mol. The number of benzene rings is 2. The lowest BCUT2D eigenvalue weighted by atomic mass is 10.1. The summed E-state index contributed by atoms with van der Waals surface area (Å²) in [5, 5.41) is 2.81. The Morgan fingerprint density at radius 2 is 2.08 bits per heavy atom. The minimum atomic E-state index is -0.474. The van der Waals surface area contributed by atoms with Gasteiger partial charge >= 0.3 is 0 Å². The van der Waals surface area contributed by atoms with Gasteiger partial charge in [0.2, 0.25) is 11.8 Å². The Balaban J connectivity index is 1.74. The van der Waals surface area contributed by atoms with Gasteiger partial charge in [-0.15, -0.1) is 0 Å². The maximum atomic E-state index is 13.1. The van der Waals surface area contributed by atoms with Crippen LogP contribution >= 0.6 is 11.6 Å². The van der Waals surface area contributed by atoms with Crippen molar-refractivity contribution < 1.29 is 14.0 Å². The summed E-state index contributed by atoms with van der Waals surface area (Å²) in [6.07, 6.45) is 0.949. The highest BCUT2D eigenvalue weighted by atomic mass is 35.5. The first kappa shape index (κ1) is 17.4. The summed E-state index contributed by atoms with van der Waals surface area (Å²) in [7, 11) is 0. The lowest BCUT2D eigenvalue weighted by molar-refractivity contribution is -0.122. The minimum absolute atomic E-state index is 0.0775. The van der Waals surface area contributed by atoms with Gasteiger partial charge in [0.25, 0.3) is 0 Å². The number of hydrogen-bond donors (Lipinski definition) is 1. The summed E-state index contributed by atoms with van der Waals surface area (Å²) in [5.74, 6) is -1.32. The lowest BCUT2D eigenvalue weighted by Gasteiger charge is -2.20. The van der Waals surface area contributed by atoms with E-state index in [-0.39, 0.29) is 23.3 Å². The quantitative estimate of drug-likeness (QED) is 0.894. The molecular formula is C19H18ClFN2O2. The minimum Gasteiger partial charge on any atom is -0.324 e. The molecule has 25 heavy (non-hydrogen) atoms. The van der Waals surface area contributed by atoms with Gasteiger partial charge in [-0.05, 0) is 36.2 Å². The molecule has 0 aliphatic carbocycles. The van der Waals surface area contributed by atoms with Crippen molar-refractivity contribution in [1.82, 2.24) is 0 Å². The summed E-state index contributed by atoms with van der Waals surface area (Å²) in [6.45, 7) is 2.35. The number of halogens is 2. The van der Waals surface area contributed by atoms with Crippen LogP contribution in [0.4, 0.5) is 15.8 Å². The molecule has 0 radical (unpaired) electrons. The molecule has 0 bridgehead atoms. The van der Waals surface area contributed by atoms with Crippen molar-refractivity contribution in [1.29, 1.82) is 0 Å². The third-order valence-electron chi connectivity index (χ3n) is 4.35. The second kappa shape index (κ2) is 7.23. The molecule has 6 heteroatoms. The Hall–Kier alpha value is -2.40. The first-order chi connectivity index (χ1) is 12.0. The first-order valence-corrected chi connectivity index (χ1v) is 8.51. The smallest absolute Gasteiger partial charge is 0.229 e. The number of rotatable bonds is 4. The van der Waals surface area contributed by atoms with E-state index in [1.807, 2.05) is 31.2 Å². The molecule has 1 aliphatic heterocycles. The third kappa shape index (κ3) is 3.66. The monoisotopic (exact) mass is 360 g/mol. The van der Waals surface area contributed by atoms with E-state index in [1.54, 1.807) is 4.90 Å².